The zero-order chi connectivity index (χ0) is 15.8. The SMILES string of the molecule is CC(C)(C)OC(=O)N1CC(O)(c2ccc(C(=O)O)cn2)C1. The van der Waals surface area contributed by atoms with Gasteiger partial charge in [0.2, 0.25) is 0 Å². The lowest BCUT2D eigenvalue weighted by Gasteiger charge is -2.45. The number of rotatable bonds is 2. The van der Waals surface area contributed by atoms with Crippen LogP contribution in [0.5, 0.6) is 0 Å². The summed E-state index contributed by atoms with van der Waals surface area (Å²) in [5.74, 6) is -1.08. The van der Waals surface area contributed by atoms with Crippen LogP contribution in [0.4, 0.5) is 4.79 Å². The summed E-state index contributed by atoms with van der Waals surface area (Å²) in [4.78, 5) is 27.9. The lowest BCUT2D eigenvalue weighted by atomic mass is 9.90. The number of likely N-dealkylation sites (tertiary alicyclic amines) is 1. The van der Waals surface area contributed by atoms with Gasteiger partial charge in [-0.15, -0.1) is 0 Å². The van der Waals surface area contributed by atoms with Gasteiger partial charge in [-0.25, -0.2) is 9.59 Å². The fourth-order valence-electron chi connectivity index (χ4n) is 2.00. The number of amides is 1. The average molecular weight is 294 g/mol. The molecule has 1 aliphatic heterocycles. The number of ether oxygens (including phenoxy) is 1. The van der Waals surface area contributed by atoms with Crippen molar-refractivity contribution >= 4 is 12.1 Å². The molecule has 2 N–H and O–H groups in total. The molecule has 0 saturated carbocycles. The lowest BCUT2D eigenvalue weighted by molar-refractivity contribution is -0.106. The van der Waals surface area contributed by atoms with E-state index in [0.29, 0.717) is 5.69 Å². The number of β-amino-alcohol motifs (C(OH)–C–C–N with tert-alkyl or cyclic N) is 1. The normalized spacial score (nSPS) is 17.0. The highest BCUT2D eigenvalue weighted by Crippen LogP contribution is 2.31. The summed E-state index contributed by atoms with van der Waals surface area (Å²) in [5.41, 5.74) is -1.46. The number of carbonyl (C=O) groups excluding carboxylic acids is 1. The smallest absolute Gasteiger partial charge is 0.410 e. The molecule has 0 radical (unpaired) electrons. The van der Waals surface area contributed by atoms with Crippen molar-refractivity contribution in [3.05, 3.63) is 29.6 Å². The fraction of sp³-hybridized carbons (Fsp3) is 0.500. The summed E-state index contributed by atoms with van der Waals surface area (Å²) in [6, 6.07) is 2.83. The fourth-order valence-corrected chi connectivity index (χ4v) is 2.00. The summed E-state index contributed by atoms with van der Waals surface area (Å²) >= 11 is 0. The quantitative estimate of drug-likeness (QED) is 0.850. The molecule has 1 aliphatic rings. The van der Waals surface area contributed by atoms with Gasteiger partial charge >= 0.3 is 12.1 Å². The van der Waals surface area contributed by atoms with Gasteiger partial charge < -0.3 is 19.8 Å². The molecule has 0 atom stereocenters. The van der Waals surface area contributed by atoms with Gasteiger partial charge in [0, 0.05) is 6.20 Å². The van der Waals surface area contributed by atoms with Crippen molar-refractivity contribution < 1.29 is 24.5 Å². The summed E-state index contributed by atoms with van der Waals surface area (Å²) < 4.78 is 5.20. The van der Waals surface area contributed by atoms with Crippen LogP contribution in [-0.2, 0) is 10.3 Å². The molecule has 0 spiro atoms. The third kappa shape index (κ3) is 3.30. The largest absolute Gasteiger partial charge is 0.478 e. The highest BCUT2D eigenvalue weighted by molar-refractivity contribution is 5.87. The third-order valence-electron chi connectivity index (χ3n) is 3.04. The Morgan fingerprint density at radius 3 is 2.38 bits per heavy atom. The molecule has 0 unspecified atom stereocenters. The number of hydrogen-bond donors (Lipinski definition) is 2. The second-order valence-corrected chi connectivity index (χ2v) is 6.11. The predicted molar refractivity (Wildman–Crippen MR) is 72.9 cm³/mol. The van der Waals surface area contributed by atoms with E-state index in [4.69, 9.17) is 9.84 Å². The molecule has 0 aliphatic carbocycles. The Morgan fingerprint density at radius 1 is 1.33 bits per heavy atom. The van der Waals surface area contributed by atoms with Crippen molar-refractivity contribution in [2.24, 2.45) is 0 Å². The van der Waals surface area contributed by atoms with Gasteiger partial charge in [-0.3, -0.25) is 4.98 Å². The molecule has 0 aromatic carbocycles. The highest BCUT2D eigenvalue weighted by Gasteiger charge is 2.47. The van der Waals surface area contributed by atoms with E-state index in [2.05, 4.69) is 4.98 Å². The first-order valence-electron chi connectivity index (χ1n) is 6.51. The first kappa shape index (κ1) is 15.2. The maximum atomic E-state index is 11.8. The predicted octanol–water partition coefficient (Wildman–Crippen LogP) is 1.22. The van der Waals surface area contributed by atoms with Crippen molar-refractivity contribution in [3.8, 4) is 0 Å². The number of carbonyl (C=O) groups is 2. The maximum Gasteiger partial charge on any atom is 0.410 e. The number of carboxylic acids is 1. The van der Waals surface area contributed by atoms with E-state index >= 15 is 0 Å². The summed E-state index contributed by atoms with van der Waals surface area (Å²) in [6.45, 7) is 5.44. The van der Waals surface area contributed by atoms with Crippen LogP contribution in [0.1, 0.15) is 36.8 Å². The Labute approximate surface area is 122 Å². The van der Waals surface area contributed by atoms with Crippen LogP contribution >= 0.6 is 0 Å². The standard InChI is InChI=1S/C14H18N2O5/c1-13(2,3)21-12(19)16-7-14(20,8-16)10-5-4-9(6-15-10)11(17)18/h4-6,20H,7-8H2,1-3H3,(H,17,18). The average Bonchev–Trinajstić information content (AvgIpc) is 2.33. The van der Waals surface area contributed by atoms with E-state index in [9.17, 15) is 14.7 Å². The zero-order valence-corrected chi connectivity index (χ0v) is 12.2. The Hall–Kier alpha value is -2.15. The van der Waals surface area contributed by atoms with Crippen LogP contribution in [0.2, 0.25) is 0 Å². The minimum Gasteiger partial charge on any atom is -0.478 e. The lowest BCUT2D eigenvalue weighted by Crippen LogP contribution is -2.62. The van der Waals surface area contributed by atoms with Crippen molar-refractivity contribution in [3.63, 3.8) is 0 Å². The Morgan fingerprint density at radius 2 is 1.95 bits per heavy atom. The monoisotopic (exact) mass is 294 g/mol. The van der Waals surface area contributed by atoms with Gasteiger partial charge in [0.25, 0.3) is 0 Å². The first-order chi connectivity index (χ1) is 9.61. The van der Waals surface area contributed by atoms with Crippen molar-refractivity contribution in [2.45, 2.75) is 32.0 Å². The van der Waals surface area contributed by atoms with Gasteiger partial charge in [0.15, 0.2) is 0 Å². The Balaban J connectivity index is 2.01. The summed E-state index contributed by atoms with van der Waals surface area (Å²) in [7, 11) is 0. The first-order valence-corrected chi connectivity index (χ1v) is 6.51. The van der Waals surface area contributed by atoms with E-state index in [1.807, 2.05) is 0 Å². The van der Waals surface area contributed by atoms with E-state index in [-0.39, 0.29) is 18.7 Å². The molecule has 21 heavy (non-hydrogen) atoms. The minimum absolute atomic E-state index is 0.0469. The number of carboxylic acid groups (broad SMARTS) is 1. The van der Waals surface area contributed by atoms with Gasteiger partial charge in [-0.05, 0) is 32.9 Å². The Kier molecular flexibility index (Phi) is 3.63. The molecule has 114 valence electrons. The van der Waals surface area contributed by atoms with Crippen LogP contribution in [-0.4, -0.2) is 50.9 Å². The molecule has 2 heterocycles. The topological polar surface area (TPSA) is 100.0 Å². The molecule has 1 aromatic rings. The molecule has 7 nitrogen and oxygen atoms in total. The van der Waals surface area contributed by atoms with Crippen LogP contribution < -0.4 is 0 Å². The zero-order valence-electron chi connectivity index (χ0n) is 12.2. The van der Waals surface area contributed by atoms with Gasteiger partial charge in [0.05, 0.1) is 24.3 Å². The van der Waals surface area contributed by atoms with E-state index in [0.717, 1.165) is 0 Å². The van der Waals surface area contributed by atoms with Gasteiger partial charge in [-0.1, -0.05) is 0 Å². The van der Waals surface area contributed by atoms with Crippen LogP contribution in [0.25, 0.3) is 0 Å². The minimum atomic E-state index is -1.26. The summed E-state index contributed by atoms with van der Waals surface area (Å²) in [5, 5.41) is 19.2. The summed E-state index contributed by atoms with van der Waals surface area (Å²) in [6.07, 6.45) is 0.695. The molecule has 1 saturated heterocycles. The number of aromatic carboxylic acids is 1. The van der Waals surface area contributed by atoms with E-state index < -0.39 is 23.3 Å². The molecule has 2 rings (SSSR count). The van der Waals surface area contributed by atoms with Gasteiger partial charge in [0.1, 0.15) is 11.2 Å². The van der Waals surface area contributed by atoms with Crippen molar-refractivity contribution in [1.82, 2.24) is 9.88 Å². The molecule has 7 heteroatoms. The second-order valence-electron chi connectivity index (χ2n) is 6.11. The molecule has 0 bridgehead atoms. The van der Waals surface area contributed by atoms with Crippen LogP contribution in [0, 0.1) is 0 Å². The highest BCUT2D eigenvalue weighted by atomic mass is 16.6. The molecule has 1 fully saturated rings. The number of aromatic nitrogens is 1. The molecular weight excluding hydrogens is 276 g/mol. The van der Waals surface area contributed by atoms with Gasteiger partial charge in [-0.2, -0.15) is 0 Å². The number of hydrogen-bond acceptors (Lipinski definition) is 5. The number of aliphatic hydroxyl groups is 1. The Bertz CT molecular complexity index is 556. The van der Waals surface area contributed by atoms with E-state index in [1.54, 1.807) is 20.8 Å². The van der Waals surface area contributed by atoms with Crippen LogP contribution in [0.15, 0.2) is 18.3 Å². The molecule has 1 aromatic heterocycles. The van der Waals surface area contributed by atoms with Crippen LogP contribution in [0.3, 0.4) is 0 Å². The van der Waals surface area contributed by atoms with Crippen molar-refractivity contribution in [2.75, 3.05) is 13.1 Å². The number of pyridine rings is 1. The maximum absolute atomic E-state index is 11.8. The number of nitrogens with zero attached hydrogens (tertiary/aromatic N) is 2. The molecule has 1 amide bonds. The van der Waals surface area contributed by atoms with E-state index in [1.165, 1.54) is 23.2 Å². The van der Waals surface area contributed by atoms with Crippen molar-refractivity contribution in [1.29, 1.82) is 0 Å². The third-order valence-corrected chi connectivity index (χ3v) is 3.04. The molecular formula is C14H18N2O5. The second kappa shape index (κ2) is 5.00.